The number of allylic oxidation sites excluding steroid dienone is 1. The summed E-state index contributed by atoms with van der Waals surface area (Å²) in [5.74, 6) is 0.534. The summed E-state index contributed by atoms with van der Waals surface area (Å²) in [5, 5.41) is 2.36. The van der Waals surface area contributed by atoms with Crippen molar-refractivity contribution in [3.63, 3.8) is 0 Å². The van der Waals surface area contributed by atoms with E-state index in [1.807, 2.05) is 0 Å². The third kappa shape index (κ3) is 2.56. The fraction of sp³-hybridized carbons (Fsp3) is 0.189. The van der Waals surface area contributed by atoms with Crippen molar-refractivity contribution in [1.29, 1.82) is 0 Å². The predicted molar refractivity (Wildman–Crippen MR) is 158 cm³/mol. The van der Waals surface area contributed by atoms with Crippen LogP contribution in [0.5, 0.6) is 0 Å². The molecular weight excluding hydrogens is 488 g/mol. The molecule has 4 unspecified atom stereocenters. The highest BCUT2D eigenvalue weighted by atomic mass is 16.3. The number of aryl methyl sites for hydroxylation is 2. The van der Waals surface area contributed by atoms with E-state index in [0.717, 1.165) is 17.6 Å². The smallest absolute Gasteiger partial charge is 0.217 e. The molecule has 3 aromatic heterocycles. The average Bonchev–Trinajstić information content (AvgIpc) is 3.35. The Bertz CT molecular complexity index is 2070. The molecule has 0 saturated heterocycles. The molecule has 192 valence electrons. The van der Waals surface area contributed by atoms with Crippen LogP contribution in [0.2, 0.25) is 0 Å². The van der Waals surface area contributed by atoms with Gasteiger partial charge in [-0.25, -0.2) is 0 Å². The van der Waals surface area contributed by atoms with E-state index in [4.69, 9.17) is 4.42 Å². The van der Waals surface area contributed by atoms with Crippen LogP contribution in [0.1, 0.15) is 34.2 Å². The summed E-state index contributed by atoms with van der Waals surface area (Å²) in [4.78, 5) is 0. The zero-order valence-electron chi connectivity index (χ0n) is 22.8. The predicted octanol–water partition coefficient (Wildman–Crippen LogP) is 7.52. The van der Waals surface area contributed by atoms with Crippen LogP contribution in [-0.4, -0.2) is 0 Å². The molecule has 3 heteroatoms. The van der Waals surface area contributed by atoms with Gasteiger partial charge in [-0.3, -0.25) is 0 Å². The third-order valence-electron chi connectivity index (χ3n) is 10.0. The van der Waals surface area contributed by atoms with E-state index in [1.165, 1.54) is 55.5 Å². The SMILES string of the molecule is C=CC1C2C(c3ccc4c(oc5ccccc54)c3-c3cc(C)cc[n+]32)C12Cc1cc(C)ccc1-c1cccc[n+]12. The lowest BCUT2D eigenvalue weighted by Crippen LogP contribution is -2.79. The average molecular weight is 519 g/mol. The summed E-state index contributed by atoms with van der Waals surface area (Å²) < 4.78 is 11.8. The second kappa shape index (κ2) is 7.57. The van der Waals surface area contributed by atoms with Crippen LogP contribution in [0.15, 0.2) is 114 Å². The molecule has 0 amide bonds. The molecule has 0 bridgehead atoms. The second-order valence-electron chi connectivity index (χ2n) is 12.0. The van der Waals surface area contributed by atoms with E-state index in [-0.39, 0.29) is 23.4 Å². The Morgan fingerprint density at radius 3 is 2.60 bits per heavy atom. The van der Waals surface area contributed by atoms with Gasteiger partial charge in [0.05, 0.1) is 5.56 Å². The molecule has 2 aliphatic heterocycles. The second-order valence-corrected chi connectivity index (χ2v) is 12.0. The molecule has 6 aromatic rings. The number of rotatable bonds is 1. The number of nitrogens with zero attached hydrogens (tertiary/aromatic N) is 2. The van der Waals surface area contributed by atoms with E-state index in [0.29, 0.717) is 0 Å². The Kier molecular flexibility index (Phi) is 4.23. The first-order valence-corrected chi connectivity index (χ1v) is 14.3. The molecule has 3 nitrogen and oxygen atoms in total. The first-order chi connectivity index (χ1) is 19.6. The number of benzene rings is 3. The van der Waals surface area contributed by atoms with Crippen LogP contribution >= 0.6 is 0 Å². The van der Waals surface area contributed by atoms with Gasteiger partial charge in [0.15, 0.2) is 24.0 Å². The van der Waals surface area contributed by atoms with Gasteiger partial charge in [0, 0.05) is 47.0 Å². The van der Waals surface area contributed by atoms with Crippen molar-refractivity contribution in [2.75, 3.05) is 0 Å². The maximum absolute atomic E-state index is 6.69. The Labute approximate surface area is 233 Å². The van der Waals surface area contributed by atoms with Crippen molar-refractivity contribution >= 4 is 21.9 Å². The van der Waals surface area contributed by atoms with Crippen molar-refractivity contribution < 1.29 is 13.6 Å². The zero-order valence-corrected chi connectivity index (χ0v) is 22.8. The third-order valence-corrected chi connectivity index (χ3v) is 10.0. The van der Waals surface area contributed by atoms with Crippen LogP contribution < -0.4 is 9.13 Å². The standard InChI is InChI=1S/C37H30N2O/c1-4-29-35-34(37(29)21-24-19-22(2)12-13-25(24)30-10-7-8-17-39(30)37)28-15-14-27-26-9-5-6-11-32(26)40-36(27)33(28)31-20-23(3)16-18-38(31)35/h4-20,29,34-35H,1,21H2,2-3H3/q+2. The number of para-hydroxylation sites is 1. The van der Waals surface area contributed by atoms with Gasteiger partial charge in [0.25, 0.3) is 0 Å². The van der Waals surface area contributed by atoms with E-state index in [2.05, 4.69) is 133 Å². The highest BCUT2D eigenvalue weighted by molar-refractivity contribution is 6.10. The van der Waals surface area contributed by atoms with E-state index >= 15 is 0 Å². The number of hydrogen-bond donors (Lipinski definition) is 0. The number of furan rings is 1. The molecule has 3 aromatic carbocycles. The summed E-state index contributed by atoms with van der Waals surface area (Å²) in [6.45, 7) is 8.84. The lowest BCUT2D eigenvalue weighted by atomic mass is 9.48. The topological polar surface area (TPSA) is 20.9 Å². The maximum Gasteiger partial charge on any atom is 0.217 e. The Morgan fingerprint density at radius 1 is 0.850 bits per heavy atom. The molecule has 4 atom stereocenters. The van der Waals surface area contributed by atoms with Gasteiger partial charge in [0.2, 0.25) is 11.4 Å². The van der Waals surface area contributed by atoms with Crippen LogP contribution in [0, 0.1) is 19.8 Å². The van der Waals surface area contributed by atoms with Crippen LogP contribution in [0.4, 0.5) is 0 Å². The molecule has 0 radical (unpaired) electrons. The Morgan fingerprint density at radius 2 is 1.70 bits per heavy atom. The van der Waals surface area contributed by atoms with Gasteiger partial charge in [-0.1, -0.05) is 54.1 Å². The molecule has 40 heavy (non-hydrogen) atoms. The van der Waals surface area contributed by atoms with E-state index in [1.54, 1.807) is 0 Å². The summed E-state index contributed by atoms with van der Waals surface area (Å²) in [7, 11) is 0. The van der Waals surface area contributed by atoms with Crippen molar-refractivity contribution in [1.82, 2.24) is 0 Å². The lowest BCUT2D eigenvalue weighted by Gasteiger charge is -2.56. The minimum Gasteiger partial charge on any atom is -0.455 e. The normalized spacial score (nSPS) is 23.6. The minimum absolute atomic E-state index is 0.159. The zero-order chi connectivity index (χ0) is 26.7. The molecule has 1 spiro atoms. The van der Waals surface area contributed by atoms with Gasteiger partial charge in [0.1, 0.15) is 23.0 Å². The van der Waals surface area contributed by atoms with E-state index < -0.39 is 0 Å². The minimum atomic E-state index is -0.159. The van der Waals surface area contributed by atoms with Gasteiger partial charge in [-0.05, 0) is 48.7 Å². The first kappa shape index (κ1) is 22.3. The molecule has 1 fully saturated rings. The summed E-state index contributed by atoms with van der Waals surface area (Å²) >= 11 is 0. The van der Waals surface area contributed by atoms with Crippen molar-refractivity contribution in [2.45, 2.75) is 37.8 Å². The fourth-order valence-corrected chi connectivity index (χ4v) is 8.50. The molecular formula is C37H30N2O+2. The molecule has 5 heterocycles. The lowest BCUT2D eigenvalue weighted by molar-refractivity contribution is -0.837. The van der Waals surface area contributed by atoms with Crippen molar-refractivity contribution in [3.05, 3.63) is 132 Å². The highest BCUT2D eigenvalue weighted by Gasteiger charge is 2.76. The summed E-state index contributed by atoms with van der Waals surface area (Å²) in [5.41, 5.74) is 12.3. The molecule has 9 rings (SSSR count). The van der Waals surface area contributed by atoms with Gasteiger partial charge in [-0.2, -0.15) is 9.13 Å². The highest BCUT2D eigenvalue weighted by Crippen LogP contribution is 2.65. The van der Waals surface area contributed by atoms with E-state index in [9.17, 15) is 0 Å². The monoisotopic (exact) mass is 518 g/mol. The molecule has 0 N–H and O–H groups in total. The Balaban J connectivity index is 1.39. The molecule has 1 saturated carbocycles. The number of hydrogen-bond acceptors (Lipinski definition) is 1. The number of pyridine rings is 2. The van der Waals surface area contributed by atoms with Crippen molar-refractivity contribution in [2.24, 2.45) is 5.92 Å². The first-order valence-electron chi connectivity index (χ1n) is 14.3. The fourth-order valence-electron chi connectivity index (χ4n) is 8.50. The van der Waals surface area contributed by atoms with Crippen molar-refractivity contribution in [3.8, 4) is 22.5 Å². The summed E-state index contributed by atoms with van der Waals surface area (Å²) in [6, 6.07) is 31.6. The van der Waals surface area contributed by atoms with Crippen LogP contribution in [0.25, 0.3) is 44.5 Å². The summed E-state index contributed by atoms with van der Waals surface area (Å²) in [6.07, 6.45) is 7.81. The Hall–Kier alpha value is -4.50. The number of aromatic nitrogens is 2. The molecule has 1 aliphatic carbocycles. The number of fused-ring (bicyclic) bond motifs is 15. The van der Waals surface area contributed by atoms with Gasteiger partial charge in [-0.15, -0.1) is 6.58 Å². The van der Waals surface area contributed by atoms with Crippen LogP contribution in [0.3, 0.4) is 0 Å². The quantitative estimate of drug-likeness (QED) is 0.163. The van der Waals surface area contributed by atoms with Gasteiger partial charge < -0.3 is 4.42 Å². The molecule has 3 aliphatic rings. The van der Waals surface area contributed by atoms with Crippen LogP contribution in [-0.2, 0) is 12.0 Å². The van der Waals surface area contributed by atoms with Gasteiger partial charge >= 0.3 is 0 Å². The largest absolute Gasteiger partial charge is 0.455 e. The maximum atomic E-state index is 6.69.